The molecule has 0 spiro atoms. The van der Waals surface area contributed by atoms with Crippen molar-refractivity contribution in [2.24, 2.45) is 0 Å². The number of amides is 2. The zero-order valence-corrected chi connectivity index (χ0v) is 21.8. The van der Waals surface area contributed by atoms with Crippen molar-refractivity contribution < 1.29 is 43.9 Å². The standard InChI is InChI=1S/C23H36N4O10/c1-22(2,3)36-19(32)12(24-21(34)37-23(4,5)6)7-8-15(29)25-14-9-10-27(20(33)26-14)18-17(31)16(30)13(11-28)35-18/h9-10,12-13,16-18,28,30-31H,7-8,11H2,1-6H3,(H,24,34)(H,25,26,29,33). The fourth-order valence-corrected chi connectivity index (χ4v) is 3.34. The minimum absolute atomic E-state index is 0.105. The van der Waals surface area contributed by atoms with Crippen LogP contribution in [-0.4, -0.2) is 85.0 Å². The van der Waals surface area contributed by atoms with Gasteiger partial charge in [-0.1, -0.05) is 0 Å². The molecule has 0 saturated carbocycles. The highest BCUT2D eigenvalue weighted by molar-refractivity contribution is 5.90. The van der Waals surface area contributed by atoms with Crippen molar-refractivity contribution in [3.63, 3.8) is 0 Å². The van der Waals surface area contributed by atoms with Crippen LogP contribution < -0.4 is 16.3 Å². The molecule has 37 heavy (non-hydrogen) atoms. The highest BCUT2D eigenvalue weighted by atomic mass is 16.6. The van der Waals surface area contributed by atoms with Crippen LogP contribution in [0, 0.1) is 0 Å². The van der Waals surface area contributed by atoms with Crippen LogP contribution >= 0.6 is 0 Å². The van der Waals surface area contributed by atoms with E-state index in [4.69, 9.17) is 14.2 Å². The number of hydrogen-bond donors (Lipinski definition) is 5. The molecular weight excluding hydrogens is 492 g/mol. The van der Waals surface area contributed by atoms with E-state index in [1.807, 2.05) is 0 Å². The van der Waals surface area contributed by atoms with Crippen LogP contribution in [0.15, 0.2) is 17.1 Å². The van der Waals surface area contributed by atoms with Gasteiger partial charge in [0.2, 0.25) is 5.91 Å². The predicted molar refractivity (Wildman–Crippen MR) is 128 cm³/mol. The van der Waals surface area contributed by atoms with Crippen LogP contribution in [0.3, 0.4) is 0 Å². The van der Waals surface area contributed by atoms with E-state index in [0.717, 1.165) is 4.57 Å². The number of carbonyl (C=O) groups excluding carboxylic acids is 3. The number of rotatable bonds is 8. The highest BCUT2D eigenvalue weighted by Crippen LogP contribution is 2.28. The van der Waals surface area contributed by atoms with Crippen molar-refractivity contribution >= 4 is 23.8 Å². The second-order valence-electron chi connectivity index (χ2n) is 10.6. The van der Waals surface area contributed by atoms with Gasteiger partial charge in [0.25, 0.3) is 0 Å². The quantitative estimate of drug-likeness (QED) is 0.280. The average Bonchev–Trinajstić information content (AvgIpc) is 3.02. The van der Waals surface area contributed by atoms with Gasteiger partial charge in [-0.15, -0.1) is 0 Å². The molecule has 14 heteroatoms. The van der Waals surface area contributed by atoms with Gasteiger partial charge in [0.05, 0.1) is 6.61 Å². The summed E-state index contributed by atoms with van der Waals surface area (Å²) in [5.74, 6) is -1.45. The summed E-state index contributed by atoms with van der Waals surface area (Å²) in [6.45, 7) is 9.42. The minimum Gasteiger partial charge on any atom is -0.458 e. The van der Waals surface area contributed by atoms with E-state index in [0.29, 0.717) is 0 Å². The van der Waals surface area contributed by atoms with Crippen molar-refractivity contribution in [2.75, 3.05) is 11.9 Å². The minimum atomic E-state index is -1.47. The van der Waals surface area contributed by atoms with Gasteiger partial charge in [-0.05, 0) is 54.0 Å². The summed E-state index contributed by atoms with van der Waals surface area (Å²) in [6, 6.07) is 0.103. The molecule has 1 aliphatic rings. The Hall–Kier alpha value is -3.07. The van der Waals surface area contributed by atoms with Gasteiger partial charge < -0.3 is 40.2 Å². The molecule has 5 N–H and O–H groups in total. The fraction of sp³-hybridized carbons (Fsp3) is 0.696. The van der Waals surface area contributed by atoms with Gasteiger partial charge in [0.15, 0.2) is 6.23 Å². The maximum atomic E-state index is 12.6. The van der Waals surface area contributed by atoms with Gasteiger partial charge in [0.1, 0.15) is 41.4 Å². The molecule has 208 valence electrons. The Morgan fingerprint density at radius 3 is 2.24 bits per heavy atom. The molecule has 14 nitrogen and oxygen atoms in total. The van der Waals surface area contributed by atoms with Crippen LogP contribution in [0.25, 0.3) is 0 Å². The monoisotopic (exact) mass is 528 g/mol. The topological polar surface area (TPSA) is 199 Å². The number of hydrogen-bond acceptors (Lipinski definition) is 11. The third-order valence-electron chi connectivity index (χ3n) is 4.93. The third kappa shape index (κ3) is 9.07. The van der Waals surface area contributed by atoms with Crippen molar-refractivity contribution in [3.05, 3.63) is 22.7 Å². The summed E-state index contributed by atoms with van der Waals surface area (Å²) in [5, 5.41) is 34.0. The van der Waals surface area contributed by atoms with E-state index in [9.17, 15) is 34.5 Å². The largest absolute Gasteiger partial charge is 0.458 e. The lowest BCUT2D eigenvalue weighted by Gasteiger charge is -2.26. The number of esters is 1. The Kier molecular flexibility index (Phi) is 9.77. The van der Waals surface area contributed by atoms with Gasteiger partial charge >= 0.3 is 17.8 Å². The summed E-state index contributed by atoms with van der Waals surface area (Å²) < 4.78 is 16.7. The first-order chi connectivity index (χ1) is 17.0. The molecule has 2 amide bonds. The number of nitrogens with one attached hydrogen (secondary N) is 2. The molecule has 1 aromatic rings. The fourth-order valence-electron chi connectivity index (χ4n) is 3.34. The van der Waals surface area contributed by atoms with Gasteiger partial charge in [-0.25, -0.2) is 14.4 Å². The molecule has 1 aromatic heterocycles. The molecule has 1 aliphatic heterocycles. The first-order valence-corrected chi connectivity index (χ1v) is 11.7. The Balaban J connectivity index is 2.04. The van der Waals surface area contributed by atoms with Crippen LogP contribution in [-0.2, 0) is 23.8 Å². The lowest BCUT2D eigenvalue weighted by molar-refractivity contribution is -0.157. The van der Waals surface area contributed by atoms with Gasteiger partial charge in [-0.3, -0.25) is 9.36 Å². The maximum absolute atomic E-state index is 12.6. The predicted octanol–water partition coefficient (Wildman–Crippen LogP) is -0.191. The molecule has 2 rings (SSSR count). The number of alkyl carbamates (subject to hydrolysis) is 1. The second kappa shape index (κ2) is 12.0. The number of nitrogens with zero attached hydrogens (tertiary/aromatic N) is 2. The van der Waals surface area contributed by atoms with Crippen molar-refractivity contribution in [1.82, 2.24) is 14.9 Å². The number of aliphatic hydroxyl groups is 3. The van der Waals surface area contributed by atoms with Crippen molar-refractivity contribution in [2.45, 2.75) is 96.2 Å². The molecule has 0 aromatic carbocycles. The second-order valence-corrected chi connectivity index (χ2v) is 10.6. The summed E-state index contributed by atoms with van der Waals surface area (Å²) in [4.78, 5) is 53.4. The van der Waals surface area contributed by atoms with E-state index in [1.54, 1.807) is 41.5 Å². The molecule has 0 aliphatic carbocycles. The highest BCUT2D eigenvalue weighted by Gasteiger charge is 2.43. The zero-order chi connectivity index (χ0) is 28.1. The smallest absolute Gasteiger partial charge is 0.408 e. The number of anilines is 1. The number of aliphatic hydroxyl groups excluding tert-OH is 3. The van der Waals surface area contributed by atoms with Crippen LogP contribution in [0.1, 0.15) is 60.6 Å². The molecular formula is C23H36N4O10. The number of aromatic nitrogens is 2. The Bertz CT molecular complexity index is 1030. The lowest BCUT2D eigenvalue weighted by atomic mass is 10.1. The van der Waals surface area contributed by atoms with Gasteiger partial charge in [-0.2, -0.15) is 4.98 Å². The van der Waals surface area contributed by atoms with E-state index in [-0.39, 0.29) is 18.7 Å². The normalized spacial score (nSPS) is 22.7. The summed E-state index contributed by atoms with van der Waals surface area (Å²) >= 11 is 0. The molecule has 0 radical (unpaired) electrons. The van der Waals surface area contributed by atoms with Crippen molar-refractivity contribution in [1.29, 1.82) is 0 Å². The molecule has 1 fully saturated rings. The summed E-state index contributed by atoms with van der Waals surface area (Å²) in [5.41, 5.74) is -2.51. The Morgan fingerprint density at radius 1 is 1.11 bits per heavy atom. The van der Waals surface area contributed by atoms with Gasteiger partial charge in [0, 0.05) is 12.6 Å². The van der Waals surface area contributed by atoms with Crippen LogP contribution in [0.2, 0.25) is 0 Å². The molecule has 1 saturated heterocycles. The first-order valence-electron chi connectivity index (χ1n) is 11.7. The number of ether oxygens (including phenoxy) is 3. The van der Waals surface area contributed by atoms with Crippen molar-refractivity contribution in [3.8, 4) is 0 Å². The SMILES string of the molecule is CC(C)(C)OC(=O)NC(CCC(=O)Nc1ccn(C2OC(CO)C(O)C2O)c(=O)n1)C(=O)OC(C)(C)C. The molecule has 2 heterocycles. The Labute approximate surface area is 213 Å². The molecule has 5 unspecified atom stereocenters. The molecule has 5 atom stereocenters. The zero-order valence-electron chi connectivity index (χ0n) is 21.8. The van der Waals surface area contributed by atoms with E-state index < -0.39 is 72.1 Å². The molecule has 0 bridgehead atoms. The summed E-state index contributed by atoms with van der Waals surface area (Å²) in [7, 11) is 0. The first kappa shape index (κ1) is 30.2. The third-order valence-corrected chi connectivity index (χ3v) is 4.93. The summed E-state index contributed by atoms with van der Waals surface area (Å²) in [6.07, 6.45) is -5.21. The lowest BCUT2D eigenvalue weighted by Crippen LogP contribution is -2.46. The average molecular weight is 529 g/mol. The number of carbonyl (C=O) groups is 3. The van der Waals surface area contributed by atoms with E-state index >= 15 is 0 Å². The van der Waals surface area contributed by atoms with Crippen LogP contribution in [0.5, 0.6) is 0 Å². The van der Waals surface area contributed by atoms with E-state index in [2.05, 4.69) is 15.6 Å². The van der Waals surface area contributed by atoms with Crippen LogP contribution in [0.4, 0.5) is 10.6 Å². The Morgan fingerprint density at radius 2 is 1.73 bits per heavy atom. The maximum Gasteiger partial charge on any atom is 0.408 e. The van der Waals surface area contributed by atoms with E-state index in [1.165, 1.54) is 12.3 Å².